The average molecular weight is 479 g/mol. The highest BCUT2D eigenvalue weighted by atomic mass is 35.5. The number of carbonyl (C=O) groups excluding carboxylic acids is 2. The molecule has 2 amide bonds. The zero-order valence-electron chi connectivity index (χ0n) is 18.4. The van der Waals surface area contributed by atoms with Crippen LogP contribution in [0.3, 0.4) is 0 Å². The lowest BCUT2D eigenvalue weighted by Crippen LogP contribution is -2.33. The number of rotatable bonds is 4. The van der Waals surface area contributed by atoms with Gasteiger partial charge in [-0.1, -0.05) is 29.8 Å². The Morgan fingerprint density at radius 3 is 2.50 bits per heavy atom. The minimum atomic E-state index is -1.29. The molecule has 7 nitrogen and oxygen atoms in total. The van der Waals surface area contributed by atoms with Gasteiger partial charge in [0.1, 0.15) is 0 Å². The van der Waals surface area contributed by atoms with Crippen molar-refractivity contribution in [1.29, 1.82) is 0 Å². The lowest BCUT2D eigenvalue weighted by molar-refractivity contribution is 0.0691. The van der Waals surface area contributed by atoms with E-state index in [1.807, 2.05) is 19.1 Å². The average Bonchev–Trinajstić information content (AvgIpc) is 2.97. The number of fused-ring (bicyclic) bond motifs is 1. The molecular formula is C26H23ClN2O5. The Hall–Kier alpha value is -3.68. The highest BCUT2D eigenvalue weighted by molar-refractivity contribution is 6.30. The number of hydrogen-bond donors (Lipinski definition) is 3. The molecule has 0 aliphatic carbocycles. The normalized spacial score (nSPS) is 15.3. The van der Waals surface area contributed by atoms with Gasteiger partial charge in [-0.15, -0.1) is 0 Å². The van der Waals surface area contributed by atoms with Gasteiger partial charge in [0, 0.05) is 34.1 Å². The van der Waals surface area contributed by atoms with Crippen molar-refractivity contribution in [3.63, 3.8) is 0 Å². The molecule has 0 spiro atoms. The first-order chi connectivity index (χ1) is 16.3. The van der Waals surface area contributed by atoms with Crippen LogP contribution in [0.5, 0.6) is 0 Å². The lowest BCUT2D eigenvalue weighted by atomic mass is 10.0. The minimum Gasteiger partial charge on any atom is -0.478 e. The van der Waals surface area contributed by atoms with Crippen LogP contribution in [0.4, 0.5) is 11.4 Å². The number of aliphatic hydroxyl groups excluding tert-OH is 1. The number of benzene rings is 3. The maximum Gasteiger partial charge on any atom is 0.336 e. The summed E-state index contributed by atoms with van der Waals surface area (Å²) >= 11 is 6.09. The van der Waals surface area contributed by atoms with Crippen LogP contribution in [-0.4, -0.2) is 34.5 Å². The van der Waals surface area contributed by atoms with Gasteiger partial charge in [0.15, 0.2) is 0 Å². The van der Waals surface area contributed by atoms with E-state index in [1.165, 1.54) is 23.1 Å². The standard InChI is InChI=1S/C26H23ClN2O5/c1-15-5-2-3-6-18(15)24(31)28-17-9-10-19(20(14-17)26(33)34)25(32)29-12-4-7-23(30)21-13-16(27)8-11-22(21)29/h2-3,5-6,8-11,13-14,23,30H,4,7,12H2,1H3,(H,28,31)(H,33,34). The Kier molecular flexibility index (Phi) is 6.68. The molecule has 1 atom stereocenters. The van der Waals surface area contributed by atoms with Gasteiger partial charge in [0.05, 0.1) is 17.2 Å². The molecule has 3 aromatic carbocycles. The number of carbonyl (C=O) groups is 3. The van der Waals surface area contributed by atoms with Crippen molar-refractivity contribution in [3.8, 4) is 0 Å². The molecule has 1 aliphatic heterocycles. The molecule has 8 heteroatoms. The quantitative estimate of drug-likeness (QED) is 0.485. The lowest BCUT2D eigenvalue weighted by Gasteiger charge is -2.24. The molecular weight excluding hydrogens is 456 g/mol. The van der Waals surface area contributed by atoms with E-state index in [4.69, 9.17) is 11.6 Å². The maximum absolute atomic E-state index is 13.5. The van der Waals surface area contributed by atoms with E-state index < -0.39 is 18.0 Å². The van der Waals surface area contributed by atoms with Gasteiger partial charge in [-0.3, -0.25) is 9.59 Å². The van der Waals surface area contributed by atoms with Gasteiger partial charge >= 0.3 is 5.97 Å². The number of anilines is 2. The summed E-state index contributed by atoms with van der Waals surface area (Å²) in [6, 6.07) is 16.1. The smallest absolute Gasteiger partial charge is 0.336 e. The van der Waals surface area contributed by atoms with Crippen molar-refractivity contribution in [2.75, 3.05) is 16.8 Å². The molecule has 0 saturated carbocycles. The highest BCUT2D eigenvalue weighted by Crippen LogP contribution is 2.36. The van der Waals surface area contributed by atoms with Crippen LogP contribution in [0.1, 0.15) is 61.1 Å². The second-order valence-corrected chi connectivity index (χ2v) is 8.59. The van der Waals surface area contributed by atoms with Crippen molar-refractivity contribution in [3.05, 3.63) is 93.5 Å². The fourth-order valence-corrected chi connectivity index (χ4v) is 4.31. The van der Waals surface area contributed by atoms with E-state index >= 15 is 0 Å². The molecule has 1 aliphatic rings. The first-order valence-electron chi connectivity index (χ1n) is 10.8. The first-order valence-corrected chi connectivity index (χ1v) is 11.2. The van der Waals surface area contributed by atoms with Crippen LogP contribution in [0.15, 0.2) is 60.7 Å². The molecule has 0 radical (unpaired) electrons. The molecule has 0 saturated heterocycles. The van der Waals surface area contributed by atoms with Crippen molar-refractivity contribution in [2.45, 2.75) is 25.9 Å². The number of aliphatic hydroxyl groups is 1. The van der Waals surface area contributed by atoms with E-state index in [1.54, 1.807) is 30.3 Å². The summed E-state index contributed by atoms with van der Waals surface area (Å²) in [6.07, 6.45) is 0.211. The number of amides is 2. The Labute approximate surface area is 201 Å². The van der Waals surface area contributed by atoms with Gasteiger partial charge in [-0.25, -0.2) is 4.79 Å². The van der Waals surface area contributed by atoms with Gasteiger partial charge in [0.2, 0.25) is 0 Å². The molecule has 0 bridgehead atoms. The number of nitrogens with one attached hydrogen (secondary N) is 1. The Balaban J connectivity index is 1.68. The number of aromatic carboxylic acids is 1. The number of carboxylic acid groups (broad SMARTS) is 1. The van der Waals surface area contributed by atoms with E-state index in [9.17, 15) is 24.6 Å². The molecule has 174 valence electrons. The maximum atomic E-state index is 13.5. The molecule has 1 unspecified atom stereocenters. The SMILES string of the molecule is Cc1ccccc1C(=O)Nc1ccc(C(=O)N2CCCC(O)c3cc(Cl)ccc32)c(C(=O)O)c1. The summed E-state index contributed by atoms with van der Waals surface area (Å²) < 4.78 is 0. The predicted molar refractivity (Wildman–Crippen MR) is 130 cm³/mol. The van der Waals surface area contributed by atoms with Crippen molar-refractivity contribution in [1.82, 2.24) is 0 Å². The fourth-order valence-electron chi connectivity index (χ4n) is 4.12. The van der Waals surface area contributed by atoms with Crippen LogP contribution in [-0.2, 0) is 0 Å². The Morgan fingerprint density at radius 1 is 1.00 bits per heavy atom. The molecule has 3 N–H and O–H groups in total. The number of halogens is 1. The fraction of sp³-hybridized carbons (Fsp3) is 0.192. The highest BCUT2D eigenvalue weighted by Gasteiger charge is 2.29. The molecule has 34 heavy (non-hydrogen) atoms. The second kappa shape index (κ2) is 9.67. The van der Waals surface area contributed by atoms with Crippen LogP contribution >= 0.6 is 11.6 Å². The van der Waals surface area contributed by atoms with E-state index in [-0.39, 0.29) is 22.7 Å². The molecule has 0 aromatic heterocycles. The number of carboxylic acids is 1. The first kappa shape index (κ1) is 23.5. The van der Waals surface area contributed by atoms with Crippen molar-refractivity contribution < 1.29 is 24.6 Å². The van der Waals surface area contributed by atoms with Crippen LogP contribution in [0.25, 0.3) is 0 Å². The van der Waals surface area contributed by atoms with Crippen molar-refractivity contribution in [2.24, 2.45) is 0 Å². The monoisotopic (exact) mass is 478 g/mol. The topological polar surface area (TPSA) is 107 Å². The summed E-state index contributed by atoms with van der Waals surface area (Å²) in [5.74, 6) is -2.17. The number of aryl methyl sites for hydroxylation is 1. The Morgan fingerprint density at radius 2 is 1.76 bits per heavy atom. The van der Waals surface area contributed by atoms with E-state index in [0.717, 1.165) is 5.56 Å². The van der Waals surface area contributed by atoms with Gasteiger partial charge < -0.3 is 20.4 Å². The molecule has 0 fully saturated rings. The Bertz CT molecular complexity index is 1290. The summed E-state index contributed by atoms with van der Waals surface area (Å²) in [7, 11) is 0. The minimum absolute atomic E-state index is 0.0151. The zero-order chi connectivity index (χ0) is 24.4. The molecule has 1 heterocycles. The van der Waals surface area contributed by atoms with E-state index in [0.29, 0.717) is 41.2 Å². The summed E-state index contributed by atoms with van der Waals surface area (Å²) in [6.45, 7) is 2.12. The van der Waals surface area contributed by atoms with Gasteiger partial charge in [-0.2, -0.15) is 0 Å². The molecule has 4 rings (SSSR count). The van der Waals surface area contributed by atoms with Crippen LogP contribution < -0.4 is 10.2 Å². The van der Waals surface area contributed by atoms with Crippen molar-refractivity contribution >= 4 is 40.8 Å². The predicted octanol–water partition coefficient (Wildman–Crippen LogP) is 5.07. The van der Waals surface area contributed by atoms with Gasteiger partial charge in [0.25, 0.3) is 11.8 Å². The van der Waals surface area contributed by atoms with Crippen LogP contribution in [0, 0.1) is 6.92 Å². The zero-order valence-corrected chi connectivity index (χ0v) is 19.2. The summed E-state index contributed by atoms with van der Waals surface area (Å²) in [5, 5.41) is 23.4. The third kappa shape index (κ3) is 4.66. The number of hydrogen-bond acceptors (Lipinski definition) is 4. The second-order valence-electron chi connectivity index (χ2n) is 8.15. The largest absolute Gasteiger partial charge is 0.478 e. The van der Waals surface area contributed by atoms with Gasteiger partial charge in [-0.05, 0) is 67.8 Å². The molecule has 3 aromatic rings. The van der Waals surface area contributed by atoms with E-state index in [2.05, 4.69) is 5.32 Å². The summed E-state index contributed by atoms with van der Waals surface area (Å²) in [5.41, 5.74) is 2.29. The van der Waals surface area contributed by atoms with Crippen LogP contribution in [0.2, 0.25) is 5.02 Å². The third-order valence-corrected chi connectivity index (χ3v) is 6.11. The third-order valence-electron chi connectivity index (χ3n) is 5.87. The summed E-state index contributed by atoms with van der Waals surface area (Å²) in [4.78, 5) is 39.6. The number of nitrogens with zero attached hydrogens (tertiary/aromatic N) is 1.